The fraction of sp³-hybridized carbons (Fsp3) is 0.556. The van der Waals surface area contributed by atoms with E-state index in [1.165, 1.54) is 0 Å². The number of carbonyl (C=O) groups is 2. The van der Waals surface area contributed by atoms with Crippen molar-refractivity contribution < 1.29 is 22.8 Å². The quantitative estimate of drug-likeness (QED) is 0.385. The molecule has 3 aliphatic rings. The number of aryl methyl sites for hydroxylation is 1. The molecule has 0 bridgehead atoms. The molecule has 202 valence electrons. The molecule has 1 saturated heterocycles. The molecule has 0 radical (unpaired) electrons. The van der Waals surface area contributed by atoms with E-state index in [1.54, 1.807) is 16.9 Å². The second kappa shape index (κ2) is 9.43. The monoisotopic (exact) mass is 528 g/mol. The van der Waals surface area contributed by atoms with Gasteiger partial charge in [0.15, 0.2) is 0 Å². The Bertz CT molecular complexity index is 1340. The van der Waals surface area contributed by atoms with Gasteiger partial charge in [0.1, 0.15) is 17.6 Å². The van der Waals surface area contributed by atoms with Crippen molar-refractivity contribution in [2.45, 2.75) is 70.3 Å². The van der Waals surface area contributed by atoms with Gasteiger partial charge in [0.25, 0.3) is 5.91 Å². The van der Waals surface area contributed by atoms with Gasteiger partial charge in [-0.15, -0.1) is 0 Å². The molecule has 6 rings (SSSR count). The van der Waals surface area contributed by atoms with E-state index in [1.807, 2.05) is 25.1 Å². The Morgan fingerprint density at radius 3 is 2.55 bits per heavy atom. The summed E-state index contributed by atoms with van der Waals surface area (Å²) < 4.78 is 40.9. The molecule has 3 N–H and O–H groups in total. The molecule has 2 amide bonds. The summed E-state index contributed by atoms with van der Waals surface area (Å²) >= 11 is 0. The largest absolute Gasteiger partial charge is 0.408 e. The summed E-state index contributed by atoms with van der Waals surface area (Å²) in [7, 11) is 0. The summed E-state index contributed by atoms with van der Waals surface area (Å²) in [6.07, 6.45) is 1.71. The van der Waals surface area contributed by atoms with Crippen LogP contribution in [0.15, 0.2) is 30.5 Å². The minimum atomic E-state index is -4.45. The van der Waals surface area contributed by atoms with Crippen LogP contribution in [0.2, 0.25) is 0 Å². The van der Waals surface area contributed by atoms with Crippen molar-refractivity contribution in [3.8, 4) is 0 Å². The molecule has 2 saturated carbocycles. The van der Waals surface area contributed by atoms with E-state index in [0.29, 0.717) is 41.3 Å². The molecule has 3 atom stereocenters. The van der Waals surface area contributed by atoms with E-state index in [2.05, 4.69) is 20.7 Å². The van der Waals surface area contributed by atoms with Gasteiger partial charge in [-0.3, -0.25) is 14.3 Å². The third kappa shape index (κ3) is 4.90. The molecular weight excluding hydrogens is 497 g/mol. The molecule has 0 spiro atoms. The van der Waals surface area contributed by atoms with Crippen LogP contribution in [0.5, 0.6) is 0 Å². The molecule has 3 aromatic rings. The number of aromatic amines is 1. The molecule has 38 heavy (non-hydrogen) atoms. The topological polar surface area (TPSA) is 105 Å². The van der Waals surface area contributed by atoms with E-state index in [0.717, 1.165) is 36.8 Å². The number of carbonyl (C=O) groups excluding carboxylic acids is 2. The second-order valence-corrected chi connectivity index (χ2v) is 10.9. The van der Waals surface area contributed by atoms with Crippen LogP contribution in [-0.2, 0) is 17.8 Å². The Labute approximate surface area is 217 Å². The van der Waals surface area contributed by atoms with E-state index < -0.39 is 24.0 Å². The van der Waals surface area contributed by atoms with Gasteiger partial charge in [0.05, 0.1) is 17.1 Å². The molecule has 8 nitrogen and oxygen atoms in total. The summed E-state index contributed by atoms with van der Waals surface area (Å²) in [5, 5.41) is 9.56. The number of hydrogen-bond acceptors (Lipinski definition) is 4. The summed E-state index contributed by atoms with van der Waals surface area (Å²) in [6, 6.07) is 5.14. The van der Waals surface area contributed by atoms with Crippen molar-refractivity contribution >= 4 is 22.8 Å². The maximum absolute atomic E-state index is 13.3. The fourth-order valence-corrected chi connectivity index (χ4v) is 5.99. The van der Waals surface area contributed by atoms with Crippen LogP contribution in [0.25, 0.3) is 11.0 Å². The standard InChI is InChI=1S/C27H31F3N6O2/c1-2-36-20(9-10-31-36)26(38)35-23(22(15-4-5-15)16-6-7-16)24-32-18-8-3-14(12-19(18)33-24)11-17-13-21(27(28,29)30)34-25(17)37/h3,8-10,12,15-17,21-23H,2,4-7,11,13H2,1H3,(H,32,33)(H,34,37)(H,35,38)/t17?,21?,23-/m0/s1. The van der Waals surface area contributed by atoms with Crippen molar-refractivity contribution in [3.63, 3.8) is 0 Å². The SMILES string of the molecule is CCn1nccc1C(=O)N[C@H](c1nc2cc(CC3CC(C(F)(F)F)NC3=O)ccc2[nH]1)C(C1CC1)C1CC1. The number of nitrogens with one attached hydrogen (secondary N) is 3. The minimum Gasteiger partial charge on any atom is -0.344 e. The highest BCUT2D eigenvalue weighted by Crippen LogP contribution is 2.54. The van der Waals surface area contributed by atoms with Gasteiger partial charge in [-0.25, -0.2) is 4.98 Å². The number of rotatable bonds is 9. The third-order valence-electron chi connectivity index (χ3n) is 8.20. The van der Waals surface area contributed by atoms with Crippen molar-refractivity contribution in [1.82, 2.24) is 30.4 Å². The van der Waals surface area contributed by atoms with Crippen LogP contribution in [-0.4, -0.2) is 43.8 Å². The molecule has 2 unspecified atom stereocenters. The highest BCUT2D eigenvalue weighted by atomic mass is 19.4. The van der Waals surface area contributed by atoms with Gasteiger partial charge < -0.3 is 15.6 Å². The predicted molar refractivity (Wildman–Crippen MR) is 133 cm³/mol. The molecule has 2 aliphatic carbocycles. The number of amides is 2. The van der Waals surface area contributed by atoms with Crippen LogP contribution in [0.1, 0.15) is 66.9 Å². The number of aromatic nitrogens is 4. The Morgan fingerprint density at radius 2 is 1.92 bits per heavy atom. The Morgan fingerprint density at radius 1 is 1.18 bits per heavy atom. The zero-order chi connectivity index (χ0) is 26.6. The number of hydrogen-bond donors (Lipinski definition) is 3. The van der Waals surface area contributed by atoms with Crippen molar-refractivity contribution in [2.75, 3.05) is 0 Å². The maximum atomic E-state index is 13.3. The Kier molecular flexibility index (Phi) is 6.19. The van der Waals surface area contributed by atoms with Gasteiger partial charge in [0.2, 0.25) is 5.91 Å². The smallest absolute Gasteiger partial charge is 0.344 e. The van der Waals surface area contributed by atoms with Crippen molar-refractivity contribution in [3.05, 3.63) is 47.5 Å². The van der Waals surface area contributed by atoms with E-state index in [4.69, 9.17) is 4.98 Å². The lowest BCUT2D eigenvalue weighted by Crippen LogP contribution is -2.38. The maximum Gasteiger partial charge on any atom is 0.408 e. The fourth-order valence-electron chi connectivity index (χ4n) is 5.99. The molecule has 1 aliphatic heterocycles. The van der Waals surface area contributed by atoms with Gasteiger partial charge in [0, 0.05) is 18.7 Å². The van der Waals surface area contributed by atoms with Crippen LogP contribution in [0, 0.1) is 23.7 Å². The number of H-pyrrole nitrogens is 1. The lowest BCUT2D eigenvalue weighted by Gasteiger charge is -2.27. The number of halogens is 3. The van der Waals surface area contributed by atoms with Gasteiger partial charge in [-0.1, -0.05) is 6.07 Å². The van der Waals surface area contributed by atoms with Gasteiger partial charge in [-0.05, 0) is 87.0 Å². The third-order valence-corrected chi connectivity index (χ3v) is 8.20. The summed E-state index contributed by atoms with van der Waals surface area (Å²) in [5.41, 5.74) is 2.72. The zero-order valence-electron chi connectivity index (χ0n) is 21.1. The van der Waals surface area contributed by atoms with Crippen molar-refractivity contribution in [2.24, 2.45) is 23.7 Å². The van der Waals surface area contributed by atoms with Gasteiger partial charge >= 0.3 is 6.18 Å². The summed E-state index contributed by atoms with van der Waals surface area (Å²) in [5.74, 6) is 0.590. The molecule has 3 fully saturated rings. The molecule has 1 aromatic carbocycles. The van der Waals surface area contributed by atoms with Crippen LogP contribution in [0.4, 0.5) is 13.2 Å². The normalized spacial score (nSPS) is 22.7. The van der Waals surface area contributed by atoms with E-state index in [9.17, 15) is 22.8 Å². The van der Waals surface area contributed by atoms with Crippen LogP contribution < -0.4 is 10.6 Å². The van der Waals surface area contributed by atoms with Crippen LogP contribution >= 0.6 is 0 Å². The lowest BCUT2D eigenvalue weighted by molar-refractivity contribution is -0.154. The molecule has 11 heteroatoms. The Balaban J connectivity index is 1.26. The molecule has 2 aromatic heterocycles. The summed E-state index contributed by atoms with van der Waals surface area (Å²) in [4.78, 5) is 33.8. The zero-order valence-corrected chi connectivity index (χ0v) is 21.1. The first-order valence-corrected chi connectivity index (χ1v) is 13.4. The second-order valence-electron chi connectivity index (χ2n) is 10.9. The number of fused-ring (bicyclic) bond motifs is 1. The Hall–Kier alpha value is -3.37. The van der Waals surface area contributed by atoms with Crippen LogP contribution in [0.3, 0.4) is 0 Å². The number of nitrogens with zero attached hydrogens (tertiary/aromatic N) is 3. The highest BCUT2D eigenvalue weighted by Gasteiger charge is 2.48. The number of benzene rings is 1. The van der Waals surface area contributed by atoms with Gasteiger partial charge in [-0.2, -0.15) is 18.3 Å². The predicted octanol–water partition coefficient (Wildman–Crippen LogP) is 4.30. The minimum absolute atomic E-state index is 0.187. The number of imidazole rings is 1. The average Bonchev–Trinajstić information content (AvgIpc) is 3.76. The average molecular weight is 529 g/mol. The lowest BCUT2D eigenvalue weighted by atomic mass is 9.88. The van der Waals surface area contributed by atoms with E-state index >= 15 is 0 Å². The first-order chi connectivity index (χ1) is 18.2. The first-order valence-electron chi connectivity index (χ1n) is 13.4. The molecular formula is C27H31F3N6O2. The number of alkyl halides is 3. The van der Waals surface area contributed by atoms with Crippen molar-refractivity contribution in [1.29, 1.82) is 0 Å². The highest BCUT2D eigenvalue weighted by molar-refractivity contribution is 5.92. The van der Waals surface area contributed by atoms with E-state index in [-0.39, 0.29) is 24.8 Å². The first kappa shape index (κ1) is 24.9. The molecule has 3 heterocycles. The summed E-state index contributed by atoms with van der Waals surface area (Å²) in [6.45, 7) is 2.53.